The fourth-order valence-corrected chi connectivity index (χ4v) is 3.98. The van der Waals surface area contributed by atoms with Crippen molar-refractivity contribution in [1.82, 2.24) is 20.4 Å². The van der Waals surface area contributed by atoms with Gasteiger partial charge in [0.15, 0.2) is 17.3 Å². The lowest BCUT2D eigenvalue weighted by atomic mass is 10.1. The average molecular weight is 412 g/mol. The summed E-state index contributed by atoms with van der Waals surface area (Å²) in [5, 5.41) is 7.09. The molecule has 0 bridgehead atoms. The highest BCUT2D eigenvalue weighted by Crippen LogP contribution is 2.42. The normalized spacial score (nSPS) is 22.5. The molecule has 3 aliphatic rings. The third-order valence-electron chi connectivity index (χ3n) is 6.04. The van der Waals surface area contributed by atoms with Gasteiger partial charge in [-0.1, -0.05) is 5.16 Å². The van der Waals surface area contributed by atoms with Crippen molar-refractivity contribution in [2.45, 2.75) is 69.9 Å². The maximum Gasteiger partial charge on any atom is 0.274 e. The maximum atomic E-state index is 13.2. The number of amides is 1. The molecule has 2 aromatic rings. The Morgan fingerprint density at radius 1 is 1.27 bits per heavy atom. The van der Waals surface area contributed by atoms with Gasteiger partial charge in [0.25, 0.3) is 5.91 Å². The standard InChI is InChI=1S/C22H28N4O4/c1-13-24-21(26-30-13)19(15-7-8-15)25-22(27)20-18(10-16(11-23-20)14-5-6-14)29-12-17-4-2-3-9-28-17/h10-11,14-15,17,19H,2-9,12H2,1H3,(H,25,27). The second-order valence-electron chi connectivity index (χ2n) is 8.65. The van der Waals surface area contributed by atoms with E-state index in [9.17, 15) is 4.79 Å². The Kier molecular flexibility index (Phi) is 5.41. The first-order valence-corrected chi connectivity index (χ1v) is 11.0. The summed E-state index contributed by atoms with van der Waals surface area (Å²) in [5.74, 6) is 2.15. The van der Waals surface area contributed by atoms with Crippen molar-refractivity contribution >= 4 is 5.91 Å². The summed E-state index contributed by atoms with van der Waals surface area (Å²) >= 11 is 0. The van der Waals surface area contributed by atoms with Crippen molar-refractivity contribution in [2.75, 3.05) is 13.2 Å². The molecule has 0 aromatic carbocycles. The first-order chi connectivity index (χ1) is 14.7. The van der Waals surface area contributed by atoms with Gasteiger partial charge in [0.05, 0.1) is 12.1 Å². The molecule has 1 saturated heterocycles. The molecule has 30 heavy (non-hydrogen) atoms. The predicted molar refractivity (Wildman–Crippen MR) is 107 cm³/mol. The van der Waals surface area contributed by atoms with Crippen LogP contribution in [0.2, 0.25) is 0 Å². The van der Waals surface area contributed by atoms with Gasteiger partial charge in [0, 0.05) is 19.7 Å². The zero-order chi connectivity index (χ0) is 20.5. The Morgan fingerprint density at radius 3 is 2.80 bits per heavy atom. The molecule has 1 N–H and O–H groups in total. The fraction of sp³-hybridized carbons (Fsp3) is 0.636. The van der Waals surface area contributed by atoms with Gasteiger partial charge in [0.1, 0.15) is 6.61 Å². The second kappa shape index (κ2) is 8.34. The third-order valence-corrected chi connectivity index (χ3v) is 6.04. The van der Waals surface area contributed by atoms with Crippen molar-refractivity contribution in [1.29, 1.82) is 0 Å². The zero-order valence-corrected chi connectivity index (χ0v) is 17.3. The monoisotopic (exact) mass is 412 g/mol. The number of ether oxygens (including phenoxy) is 2. The average Bonchev–Trinajstić information content (AvgIpc) is 3.69. The molecule has 5 rings (SSSR count). The van der Waals surface area contributed by atoms with Crippen molar-refractivity contribution in [2.24, 2.45) is 5.92 Å². The summed E-state index contributed by atoms with van der Waals surface area (Å²) in [7, 11) is 0. The van der Waals surface area contributed by atoms with E-state index >= 15 is 0 Å². The zero-order valence-electron chi connectivity index (χ0n) is 17.3. The number of carbonyl (C=O) groups excluding carboxylic acids is 1. The molecule has 2 atom stereocenters. The SMILES string of the molecule is Cc1nc(C(NC(=O)c2ncc(C3CC3)cc2OCC2CCCCO2)C2CC2)no1. The number of hydrogen-bond acceptors (Lipinski definition) is 7. The van der Waals surface area contributed by atoms with Gasteiger partial charge in [-0.3, -0.25) is 4.79 Å². The van der Waals surface area contributed by atoms with E-state index in [-0.39, 0.29) is 18.1 Å². The molecule has 1 aliphatic heterocycles. The van der Waals surface area contributed by atoms with Crippen LogP contribution in [0.3, 0.4) is 0 Å². The van der Waals surface area contributed by atoms with E-state index in [1.165, 1.54) is 12.8 Å². The second-order valence-corrected chi connectivity index (χ2v) is 8.65. The van der Waals surface area contributed by atoms with Crippen LogP contribution in [0.25, 0.3) is 0 Å². The van der Waals surface area contributed by atoms with E-state index in [4.69, 9.17) is 14.0 Å². The van der Waals surface area contributed by atoms with Crippen molar-refractivity contribution in [3.63, 3.8) is 0 Å². The van der Waals surface area contributed by atoms with Gasteiger partial charge in [-0.25, -0.2) is 4.98 Å². The summed E-state index contributed by atoms with van der Waals surface area (Å²) in [5.41, 5.74) is 1.44. The number of aromatic nitrogens is 3. The van der Waals surface area contributed by atoms with Crippen molar-refractivity contribution in [3.05, 3.63) is 35.2 Å². The molecule has 8 heteroatoms. The highest BCUT2D eigenvalue weighted by molar-refractivity contribution is 5.95. The molecule has 2 saturated carbocycles. The maximum absolute atomic E-state index is 13.2. The minimum Gasteiger partial charge on any atom is -0.488 e. The molecule has 2 aliphatic carbocycles. The minimum absolute atomic E-state index is 0.0701. The quantitative estimate of drug-likeness (QED) is 0.708. The Hall–Kier alpha value is -2.48. The lowest BCUT2D eigenvalue weighted by Crippen LogP contribution is -2.32. The van der Waals surface area contributed by atoms with Gasteiger partial charge >= 0.3 is 0 Å². The third kappa shape index (κ3) is 4.48. The summed E-state index contributed by atoms with van der Waals surface area (Å²) in [4.78, 5) is 22.0. The minimum atomic E-state index is -0.269. The molecule has 160 valence electrons. The Balaban J connectivity index is 1.34. The summed E-state index contributed by atoms with van der Waals surface area (Å²) in [6, 6.07) is 1.71. The Morgan fingerprint density at radius 2 is 2.13 bits per heavy atom. The highest BCUT2D eigenvalue weighted by atomic mass is 16.5. The van der Waals surface area contributed by atoms with Gasteiger partial charge < -0.3 is 19.3 Å². The van der Waals surface area contributed by atoms with E-state index in [1.54, 1.807) is 13.1 Å². The smallest absolute Gasteiger partial charge is 0.274 e. The lowest BCUT2D eigenvalue weighted by Gasteiger charge is -2.23. The Bertz CT molecular complexity index is 900. The largest absolute Gasteiger partial charge is 0.488 e. The van der Waals surface area contributed by atoms with E-state index in [2.05, 4.69) is 20.4 Å². The van der Waals surface area contributed by atoms with E-state index in [0.717, 1.165) is 44.3 Å². The van der Waals surface area contributed by atoms with E-state index in [0.29, 0.717) is 41.6 Å². The number of carbonyl (C=O) groups is 1. The van der Waals surface area contributed by atoms with Crippen LogP contribution < -0.4 is 10.1 Å². The highest BCUT2D eigenvalue weighted by Gasteiger charge is 2.37. The molecule has 2 unspecified atom stereocenters. The van der Waals surface area contributed by atoms with Crippen LogP contribution in [0.4, 0.5) is 0 Å². The van der Waals surface area contributed by atoms with Crippen LogP contribution in [0.1, 0.15) is 84.7 Å². The number of rotatable bonds is 8. The molecule has 3 heterocycles. The lowest BCUT2D eigenvalue weighted by molar-refractivity contribution is -0.0113. The van der Waals surface area contributed by atoms with Crippen molar-refractivity contribution < 1.29 is 18.8 Å². The van der Waals surface area contributed by atoms with Crippen LogP contribution in [0, 0.1) is 12.8 Å². The first-order valence-electron chi connectivity index (χ1n) is 11.0. The molecule has 1 amide bonds. The number of aryl methyl sites for hydroxylation is 1. The van der Waals surface area contributed by atoms with Crippen molar-refractivity contribution in [3.8, 4) is 5.75 Å². The molecular formula is C22H28N4O4. The Labute approximate surface area is 175 Å². The van der Waals surface area contributed by atoms with Gasteiger partial charge in [-0.2, -0.15) is 4.98 Å². The summed E-state index contributed by atoms with van der Waals surface area (Å²) < 4.78 is 17.0. The van der Waals surface area contributed by atoms with Crippen LogP contribution >= 0.6 is 0 Å². The van der Waals surface area contributed by atoms with Gasteiger partial charge in [0.2, 0.25) is 5.89 Å². The summed E-state index contributed by atoms with van der Waals surface area (Å²) in [6.45, 7) is 2.96. The number of nitrogens with zero attached hydrogens (tertiary/aromatic N) is 3. The molecule has 3 fully saturated rings. The molecule has 0 radical (unpaired) electrons. The van der Waals surface area contributed by atoms with Crippen LogP contribution in [0.15, 0.2) is 16.8 Å². The predicted octanol–water partition coefficient (Wildman–Crippen LogP) is 3.48. The first kappa shape index (κ1) is 19.5. The molecule has 2 aromatic heterocycles. The fourth-order valence-electron chi connectivity index (χ4n) is 3.98. The van der Waals surface area contributed by atoms with Crippen LogP contribution in [0.5, 0.6) is 5.75 Å². The molecular weight excluding hydrogens is 384 g/mol. The van der Waals surface area contributed by atoms with Gasteiger partial charge in [-0.05, 0) is 68.4 Å². The van der Waals surface area contributed by atoms with E-state index < -0.39 is 0 Å². The number of hydrogen-bond donors (Lipinski definition) is 1. The number of pyridine rings is 1. The molecule has 0 spiro atoms. The summed E-state index contributed by atoms with van der Waals surface area (Å²) in [6.07, 6.45) is 9.51. The van der Waals surface area contributed by atoms with Crippen LogP contribution in [-0.4, -0.2) is 40.3 Å². The number of nitrogens with one attached hydrogen (secondary N) is 1. The topological polar surface area (TPSA) is 99.4 Å². The van der Waals surface area contributed by atoms with Gasteiger partial charge in [-0.15, -0.1) is 0 Å². The van der Waals surface area contributed by atoms with E-state index in [1.807, 2.05) is 6.07 Å². The van der Waals surface area contributed by atoms with Crippen LogP contribution in [-0.2, 0) is 4.74 Å². The molecule has 8 nitrogen and oxygen atoms in total.